The second kappa shape index (κ2) is 5.77. The molecule has 4 heteroatoms. The van der Waals surface area contributed by atoms with Crippen molar-refractivity contribution in [3.8, 4) is 11.1 Å². The van der Waals surface area contributed by atoms with Crippen molar-refractivity contribution >= 4 is 0 Å². The summed E-state index contributed by atoms with van der Waals surface area (Å²) in [4.78, 5) is 0. The van der Waals surface area contributed by atoms with Crippen molar-refractivity contribution in [2.75, 3.05) is 13.2 Å². The summed E-state index contributed by atoms with van der Waals surface area (Å²) in [6.07, 6.45) is 5.05. The van der Waals surface area contributed by atoms with E-state index in [0.717, 1.165) is 48.4 Å². The fraction of sp³-hybridized carbons (Fsp3) is 0.438. The molecule has 1 aliphatic rings. The van der Waals surface area contributed by atoms with Crippen molar-refractivity contribution in [3.05, 3.63) is 41.7 Å². The molecular formula is C16H20N2O2. The third-order valence-electron chi connectivity index (χ3n) is 3.84. The van der Waals surface area contributed by atoms with Crippen LogP contribution in [0.15, 0.2) is 30.6 Å². The van der Waals surface area contributed by atoms with Crippen LogP contribution >= 0.6 is 0 Å². The maximum absolute atomic E-state index is 9.50. The van der Waals surface area contributed by atoms with Gasteiger partial charge in [0.15, 0.2) is 0 Å². The van der Waals surface area contributed by atoms with E-state index in [4.69, 9.17) is 4.74 Å². The molecule has 1 unspecified atom stereocenters. The Hall–Kier alpha value is -1.65. The molecule has 20 heavy (non-hydrogen) atoms. The summed E-state index contributed by atoms with van der Waals surface area (Å²) in [6.45, 7) is 4.69. The Morgan fingerprint density at radius 2 is 2.35 bits per heavy atom. The summed E-state index contributed by atoms with van der Waals surface area (Å²) >= 11 is 0. The van der Waals surface area contributed by atoms with E-state index in [9.17, 15) is 5.11 Å². The molecule has 0 saturated carbocycles. The quantitative estimate of drug-likeness (QED) is 0.929. The highest BCUT2D eigenvalue weighted by molar-refractivity contribution is 5.66. The number of hydrogen-bond donors (Lipinski definition) is 1. The molecule has 1 atom stereocenters. The first kappa shape index (κ1) is 13.3. The summed E-state index contributed by atoms with van der Waals surface area (Å²) in [5.41, 5.74) is 4.24. The van der Waals surface area contributed by atoms with Gasteiger partial charge in [-0.3, -0.25) is 4.68 Å². The summed E-state index contributed by atoms with van der Waals surface area (Å²) in [5, 5.41) is 13.9. The monoisotopic (exact) mass is 272 g/mol. The lowest BCUT2D eigenvalue weighted by Crippen LogP contribution is -2.10. The molecule has 0 aliphatic carbocycles. The van der Waals surface area contributed by atoms with E-state index in [1.807, 2.05) is 23.9 Å². The Kier molecular flexibility index (Phi) is 3.85. The lowest BCUT2D eigenvalue weighted by atomic mass is 10.0. The van der Waals surface area contributed by atoms with Crippen molar-refractivity contribution in [2.24, 2.45) is 5.92 Å². The standard InChI is InChI=1S/C16H20N2O2/c1-12-2-3-16(14(6-12)10-19)15-7-17-18(9-15)8-13-4-5-20-11-13/h2-3,6-7,9,13,19H,4-5,8,10-11H2,1H3. The van der Waals surface area contributed by atoms with Gasteiger partial charge in [0, 0.05) is 30.8 Å². The average Bonchev–Trinajstić information content (AvgIpc) is 3.11. The molecule has 0 amide bonds. The predicted molar refractivity (Wildman–Crippen MR) is 77.2 cm³/mol. The van der Waals surface area contributed by atoms with Crippen LogP contribution < -0.4 is 0 Å². The van der Waals surface area contributed by atoms with E-state index in [1.54, 1.807) is 0 Å². The zero-order chi connectivity index (χ0) is 13.9. The lowest BCUT2D eigenvalue weighted by Gasteiger charge is -2.08. The highest BCUT2D eigenvalue weighted by Crippen LogP contribution is 2.25. The Balaban J connectivity index is 1.82. The Morgan fingerprint density at radius 1 is 1.45 bits per heavy atom. The second-order valence-electron chi connectivity index (χ2n) is 5.50. The number of ether oxygens (including phenoxy) is 1. The highest BCUT2D eigenvalue weighted by Gasteiger charge is 2.17. The van der Waals surface area contributed by atoms with Gasteiger partial charge in [-0.15, -0.1) is 0 Å². The van der Waals surface area contributed by atoms with Crippen LogP contribution in [0.3, 0.4) is 0 Å². The van der Waals surface area contributed by atoms with Crippen LogP contribution in [-0.2, 0) is 17.9 Å². The molecule has 1 aromatic carbocycles. The molecule has 106 valence electrons. The predicted octanol–water partition coefficient (Wildman–Crippen LogP) is 2.39. The van der Waals surface area contributed by atoms with Gasteiger partial charge in [-0.05, 0) is 24.5 Å². The van der Waals surface area contributed by atoms with Crippen molar-refractivity contribution in [1.29, 1.82) is 0 Å². The first-order chi connectivity index (χ1) is 9.76. The second-order valence-corrected chi connectivity index (χ2v) is 5.50. The summed E-state index contributed by atoms with van der Waals surface area (Å²) in [5.74, 6) is 0.568. The molecule has 0 spiro atoms. The van der Waals surface area contributed by atoms with Crippen molar-refractivity contribution in [1.82, 2.24) is 9.78 Å². The van der Waals surface area contributed by atoms with Gasteiger partial charge in [-0.25, -0.2) is 0 Å². The summed E-state index contributed by atoms with van der Waals surface area (Å²) in [6, 6.07) is 6.15. The molecule has 3 rings (SSSR count). The molecule has 1 fully saturated rings. The molecule has 2 aromatic rings. The molecule has 1 aromatic heterocycles. The van der Waals surface area contributed by atoms with Crippen molar-refractivity contribution < 1.29 is 9.84 Å². The number of nitrogens with zero attached hydrogens (tertiary/aromatic N) is 2. The van der Waals surface area contributed by atoms with Gasteiger partial charge in [-0.2, -0.15) is 5.10 Å². The van der Waals surface area contributed by atoms with Gasteiger partial charge in [0.05, 0.1) is 19.4 Å². The van der Waals surface area contributed by atoms with E-state index < -0.39 is 0 Å². The zero-order valence-electron chi connectivity index (χ0n) is 11.7. The minimum Gasteiger partial charge on any atom is -0.392 e. The zero-order valence-corrected chi connectivity index (χ0v) is 11.7. The number of rotatable bonds is 4. The minimum absolute atomic E-state index is 0.0542. The van der Waals surface area contributed by atoms with Crippen LogP contribution in [0.1, 0.15) is 17.5 Å². The third-order valence-corrected chi connectivity index (χ3v) is 3.84. The molecule has 1 aliphatic heterocycles. The van der Waals surface area contributed by atoms with Gasteiger partial charge in [0.25, 0.3) is 0 Å². The van der Waals surface area contributed by atoms with Gasteiger partial charge in [0.1, 0.15) is 0 Å². The van der Waals surface area contributed by atoms with Crippen molar-refractivity contribution in [3.63, 3.8) is 0 Å². The van der Waals surface area contributed by atoms with Gasteiger partial charge in [-0.1, -0.05) is 23.8 Å². The Labute approximate surface area is 119 Å². The molecule has 1 N–H and O–H groups in total. The molecule has 0 bridgehead atoms. The molecule has 1 saturated heterocycles. The molecule has 0 radical (unpaired) electrons. The van der Waals surface area contributed by atoms with Crippen LogP contribution in [0.25, 0.3) is 11.1 Å². The first-order valence-electron chi connectivity index (χ1n) is 7.07. The van der Waals surface area contributed by atoms with Crippen LogP contribution in [0.5, 0.6) is 0 Å². The third kappa shape index (κ3) is 2.76. The Morgan fingerprint density at radius 3 is 3.10 bits per heavy atom. The van der Waals surface area contributed by atoms with Gasteiger partial charge < -0.3 is 9.84 Å². The summed E-state index contributed by atoms with van der Waals surface area (Å²) < 4.78 is 7.38. The van der Waals surface area contributed by atoms with E-state index in [2.05, 4.69) is 23.4 Å². The van der Waals surface area contributed by atoms with Gasteiger partial charge >= 0.3 is 0 Å². The smallest absolute Gasteiger partial charge is 0.0687 e. The van der Waals surface area contributed by atoms with E-state index >= 15 is 0 Å². The fourth-order valence-electron chi connectivity index (χ4n) is 2.73. The minimum atomic E-state index is 0.0542. The van der Waals surface area contributed by atoms with E-state index in [1.165, 1.54) is 0 Å². The number of aromatic nitrogens is 2. The number of aliphatic hydroxyl groups is 1. The largest absolute Gasteiger partial charge is 0.392 e. The van der Waals surface area contributed by atoms with E-state index in [-0.39, 0.29) is 6.61 Å². The maximum atomic E-state index is 9.50. The number of aliphatic hydroxyl groups excluding tert-OH is 1. The Bertz CT molecular complexity index is 586. The lowest BCUT2D eigenvalue weighted by molar-refractivity contribution is 0.181. The van der Waals surface area contributed by atoms with Crippen LogP contribution in [-0.4, -0.2) is 28.1 Å². The topological polar surface area (TPSA) is 47.3 Å². The first-order valence-corrected chi connectivity index (χ1v) is 7.07. The van der Waals surface area contributed by atoms with Gasteiger partial charge in [0.2, 0.25) is 0 Å². The van der Waals surface area contributed by atoms with Crippen LogP contribution in [0, 0.1) is 12.8 Å². The molecule has 4 nitrogen and oxygen atoms in total. The number of hydrogen-bond acceptors (Lipinski definition) is 3. The maximum Gasteiger partial charge on any atom is 0.0687 e. The molecule has 2 heterocycles. The number of benzene rings is 1. The normalized spacial score (nSPS) is 18.6. The molecular weight excluding hydrogens is 252 g/mol. The van der Waals surface area contributed by atoms with Crippen LogP contribution in [0.4, 0.5) is 0 Å². The SMILES string of the molecule is Cc1ccc(-c2cnn(CC3CCOC3)c2)c(CO)c1. The fourth-order valence-corrected chi connectivity index (χ4v) is 2.73. The number of aryl methyl sites for hydroxylation is 1. The highest BCUT2D eigenvalue weighted by atomic mass is 16.5. The summed E-state index contributed by atoms with van der Waals surface area (Å²) in [7, 11) is 0. The van der Waals surface area contributed by atoms with Crippen molar-refractivity contribution in [2.45, 2.75) is 26.5 Å². The van der Waals surface area contributed by atoms with E-state index in [0.29, 0.717) is 5.92 Å². The van der Waals surface area contributed by atoms with Crippen LogP contribution in [0.2, 0.25) is 0 Å². The average molecular weight is 272 g/mol.